The van der Waals surface area contributed by atoms with Crippen molar-refractivity contribution in [1.29, 1.82) is 0 Å². The molecule has 10 heteroatoms. The molecule has 1 aromatic heterocycles. The quantitative estimate of drug-likeness (QED) is 0.455. The van der Waals surface area contributed by atoms with Crippen LogP contribution in [0, 0.1) is 5.82 Å². The van der Waals surface area contributed by atoms with Gasteiger partial charge in [-0.2, -0.15) is 4.98 Å². The molecule has 1 amide bonds. The van der Waals surface area contributed by atoms with E-state index in [4.69, 9.17) is 4.52 Å². The molecule has 0 bridgehead atoms. The van der Waals surface area contributed by atoms with Gasteiger partial charge in [-0.25, -0.2) is 17.5 Å². The van der Waals surface area contributed by atoms with Gasteiger partial charge in [0.05, 0.1) is 4.90 Å². The maximum Gasteiger partial charge on any atom is 0.240 e. The van der Waals surface area contributed by atoms with Crippen molar-refractivity contribution in [2.45, 2.75) is 50.6 Å². The topological polar surface area (TPSA) is 114 Å². The predicted molar refractivity (Wildman–Crippen MR) is 115 cm³/mol. The standard InChI is InChI=1S/C22H25FN4O4S/c1-2-5-20-26-22(31-27-20)11-10-21(28)24-14-17-7-4-9-19(13-17)32(29,30)25-15-16-6-3-8-18(23)12-16/h3-4,6-9,12-13,25H,2,5,10-11,14-15H2,1H3,(H,24,28). The van der Waals surface area contributed by atoms with Crippen LogP contribution in [0.3, 0.4) is 0 Å². The average Bonchev–Trinajstić information content (AvgIpc) is 3.23. The number of carbonyl (C=O) groups is 1. The van der Waals surface area contributed by atoms with E-state index < -0.39 is 15.8 Å². The maximum absolute atomic E-state index is 13.3. The third kappa shape index (κ3) is 6.96. The van der Waals surface area contributed by atoms with Gasteiger partial charge in [0.25, 0.3) is 0 Å². The molecule has 8 nitrogen and oxygen atoms in total. The van der Waals surface area contributed by atoms with E-state index in [0.717, 1.165) is 12.8 Å². The van der Waals surface area contributed by atoms with Gasteiger partial charge in [0.15, 0.2) is 5.82 Å². The molecule has 170 valence electrons. The van der Waals surface area contributed by atoms with E-state index in [0.29, 0.717) is 29.3 Å². The number of nitrogens with zero attached hydrogens (tertiary/aromatic N) is 2. The molecule has 1 heterocycles. The summed E-state index contributed by atoms with van der Waals surface area (Å²) < 4.78 is 46.0. The summed E-state index contributed by atoms with van der Waals surface area (Å²) in [6, 6.07) is 12.0. The van der Waals surface area contributed by atoms with Crippen molar-refractivity contribution >= 4 is 15.9 Å². The molecule has 0 radical (unpaired) electrons. The second-order valence-electron chi connectivity index (χ2n) is 7.23. The number of benzene rings is 2. The van der Waals surface area contributed by atoms with Crippen molar-refractivity contribution in [1.82, 2.24) is 20.2 Å². The van der Waals surface area contributed by atoms with E-state index in [1.54, 1.807) is 18.2 Å². The van der Waals surface area contributed by atoms with Crippen LogP contribution in [-0.2, 0) is 40.7 Å². The van der Waals surface area contributed by atoms with Crippen LogP contribution < -0.4 is 10.0 Å². The Hall–Kier alpha value is -3.11. The molecule has 3 aromatic rings. The summed E-state index contributed by atoms with van der Waals surface area (Å²) in [4.78, 5) is 16.4. The third-order valence-corrected chi connectivity index (χ3v) is 6.00. The van der Waals surface area contributed by atoms with Crippen LogP contribution in [-0.4, -0.2) is 24.5 Å². The molecule has 32 heavy (non-hydrogen) atoms. The van der Waals surface area contributed by atoms with Crippen LogP contribution >= 0.6 is 0 Å². The number of amides is 1. The van der Waals surface area contributed by atoms with E-state index in [-0.39, 0.29) is 30.3 Å². The highest BCUT2D eigenvalue weighted by molar-refractivity contribution is 7.89. The van der Waals surface area contributed by atoms with Crippen molar-refractivity contribution < 1.29 is 22.1 Å². The number of halogens is 1. The van der Waals surface area contributed by atoms with Crippen LogP contribution in [0.5, 0.6) is 0 Å². The molecule has 0 unspecified atom stereocenters. The number of carbonyl (C=O) groups excluding carboxylic acids is 1. The summed E-state index contributed by atoms with van der Waals surface area (Å²) in [6.07, 6.45) is 2.16. The summed E-state index contributed by atoms with van der Waals surface area (Å²) in [7, 11) is -3.79. The number of rotatable bonds is 11. The van der Waals surface area contributed by atoms with E-state index in [9.17, 15) is 17.6 Å². The monoisotopic (exact) mass is 460 g/mol. The number of hydrogen-bond donors (Lipinski definition) is 2. The number of sulfonamides is 1. The van der Waals surface area contributed by atoms with Crippen LogP contribution in [0.15, 0.2) is 57.9 Å². The van der Waals surface area contributed by atoms with Gasteiger partial charge in [-0.05, 0) is 41.8 Å². The maximum atomic E-state index is 13.3. The summed E-state index contributed by atoms with van der Waals surface area (Å²) in [5, 5.41) is 6.61. The molecular formula is C22H25FN4O4S. The highest BCUT2D eigenvalue weighted by Crippen LogP contribution is 2.13. The van der Waals surface area contributed by atoms with E-state index in [2.05, 4.69) is 20.2 Å². The summed E-state index contributed by atoms with van der Waals surface area (Å²) >= 11 is 0. The van der Waals surface area contributed by atoms with Gasteiger partial charge in [-0.15, -0.1) is 0 Å². The number of hydrogen-bond acceptors (Lipinski definition) is 6. The molecule has 2 aromatic carbocycles. The molecule has 0 fully saturated rings. The normalized spacial score (nSPS) is 11.4. The number of aromatic nitrogens is 2. The molecule has 0 saturated carbocycles. The van der Waals surface area contributed by atoms with Gasteiger partial charge < -0.3 is 9.84 Å². The Morgan fingerprint density at radius 1 is 1.06 bits per heavy atom. The van der Waals surface area contributed by atoms with Crippen molar-refractivity contribution in [2.24, 2.45) is 0 Å². The van der Waals surface area contributed by atoms with Crippen LogP contribution in [0.1, 0.15) is 42.6 Å². The smallest absolute Gasteiger partial charge is 0.240 e. The second-order valence-corrected chi connectivity index (χ2v) is 9.00. The number of nitrogens with one attached hydrogen (secondary N) is 2. The minimum absolute atomic E-state index is 0.0311. The first-order chi connectivity index (χ1) is 15.4. The molecule has 2 N–H and O–H groups in total. The van der Waals surface area contributed by atoms with Crippen LogP contribution in [0.4, 0.5) is 4.39 Å². The van der Waals surface area contributed by atoms with Crippen LogP contribution in [0.2, 0.25) is 0 Å². The van der Waals surface area contributed by atoms with Gasteiger partial charge in [0.2, 0.25) is 21.8 Å². The predicted octanol–water partition coefficient (Wildman–Crippen LogP) is 2.89. The zero-order valence-electron chi connectivity index (χ0n) is 17.7. The Labute approximate surface area is 186 Å². The Bertz CT molecular complexity index is 1160. The lowest BCUT2D eigenvalue weighted by Crippen LogP contribution is -2.25. The van der Waals surface area contributed by atoms with Crippen molar-refractivity contribution in [3.05, 3.63) is 77.2 Å². The summed E-state index contributed by atoms with van der Waals surface area (Å²) in [5.41, 5.74) is 1.15. The van der Waals surface area contributed by atoms with E-state index in [1.165, 1.54) is 30.3 Å². The fourth-order valence-corrected chi connectivity index (χ4v) is 4.05. The zero-order valence-corrected chi connectivity index (χ0v) is 18.5. The molecule has 3 rings (SSSR count). The summed E-state index contributed by atoms with van der Waals surface area (Å²) in [5.74, 6) is 0.408. The Morgan fingerprint density at radius 2 is 1.81 bits per heavy atom. The molecule has 0 aliphatic carbocycles. The van der Waals surface area contributed by atoms with Crippen molar-refractivity contribution in [3.63, 3.8) is 0 Å². The highest BCUT2D eigenvalue weighted by Gasteiger charge is 2.15. The minimum Gasteiger partial charge on any atom is -0.352 e. The third-order valence-electron chi connectivity index (χ3n) is 4.60. The summed E-state index contributed by atoms with van der Waals surface area (Å²) in [6.45, 7) is 2.16. The van der Waals surface area contributed by atoms with Gasteiger partial charge in [0.1, 0.15) is 5.82 Å². The first kappa shape index (κ1) is 23.6. The SMILES string of the molecule is CCCc1noc(CCC(=O)NCc2cccc(S(=O)(=O)NCc3cccc(F)c3)c2)n1. The molecule has 0 aliphatic heterocycles. The van der Waals surface area contributed by atoms with Gasteiger partial charge in [0, 0.05) is 32.4 Å². The fourth-order valence-electron chi connectivity index (χ4n) is 2.96. The van der Waals surface area contributed by atoms with Gasteiger partial charge in [-0.3, -0.25) is 4.79 Å². The molecule has 0 spiro atoms. The molecule has 0 atom stereocenters. The average molecular weight is 461 g/mol. The van der Waals surface area contributed by atoms with Crippen molar-refractivity contribution in [2.75, 3.05) is 0 Å². The van der Waals surface area contributed by atoms with E-state index in [1.807, 2.05) is 6.92 Å². The Kier molecular flexibility index (Phi) is 8.07. The lowest BCUT2D eigenvalue weighted by molar-refractivity contribution is -0.121. The highest BCUT2D eigenvalue weighted by atomic mass is 32.2. The van der Waals surface area contributed by atoms with Gasteiger partial charge >= 0.3 is 0 Å². The number of aryl methyl sites for hydroxylation is 2. The lowest BCUT2D eigenvalue weighted by atomic mass is 10.2. The first-order valence-electron chi connectivity index (χ1n) is 10.3. The van der Waals surface area contributed by atoms with Crippen molar-refractivity contribution in [3.8, 4) is 0 Å². The second kappa shape index (κ2) is 11.0. The van der Waals surface area contributed by atoms with Gasteiger partial charge in [-0.1, -0.05) is 36.3 Å². The Balaban J connectivity index is 1.51. The fraction of sp³-hybridized carbons (Fsp3) is 0.318. The molecule has 0 saturated heterocycles. The Morgan fingerprint density at radius 3 is 2.56 bits per heavy atom. The zero-order chi connectivity index (χ0) is 23.0. The molecule has 0 aliphatic rings. The lowest BCUT2D eigenvalue weighted by Gasteiger charge is -2.09. The van der Waals surface area contributed by atoms with E-state index >= 15 is 0 Å². The largest absolute Gasteiger partial charge is 0.352 e. The van der Waals surface area contributed by atoms with Crippen LogP contribution in [0.25, 0.3) is 0 Å². The first-order valence-corrected chi connectivity index (χ1v) is 11.8. The molecular weight excluding hydrogens is 435 g/mol. The minimum atomic E-state index is -3.79.